The Kier molecular flexibility index (Phi) is 3.43. The van der Waals surface area contributed by atoms with Crippen LogP contribution in [-0.4, -0.2) is 5.16 Å². The van der Waals surface area contributed by atoms with Crippen molar-refractivity contribution in [2.45, 2.75) is 13.3 Å². The molecule has 4 nitrogen and oxygen atoms in total. The van der Waals surface area contributed by atoms with E-state index in [0.717, 1.165) is 12.2 Å². The molecule has 3 aromatic rings. The molecular weight excluding hydrogens is 295 g/mol. The average molecular weight is 307 g/mol. The summed E-state index contributed by atoms with van der Waals surface area (Å²) in [7, 11) is 0. The number of anilines is 1. The lowest BCUT2D eigenvalue weighted by molar-refractivity contribution is 0.434. The predicted molar refractivity (Wildman–Crippen MR) is 78.4 cm³/mol. The first-order valence-electron chi connectivity index (χ1n) is 6.40. The lowest BCUT2D eigenvalue weighted by atomic mass is 10.0. The number of furan rings is 1. The fraction of sp³-hybridized carbons (Fsp3) is 0.133. The minimum atomic E-state index is -0.572. The number of nitrogens with zero attached hydrogens (tertiary/aromatic N) is 1. The van der Waals surface area contributed by atoms with Crippen molar-refractivity contribution in [3.8, 4) is 22.6 Å². The van der Waals surface area contributed by atoms with E-state index < -0.39 is 5.82 Å². The van der Waals surface area contributed by atoms with Crippen LogP contribution in [0.5, 0.6) is 0 Å². The molecule has 2 aromatic heterocycles. The van der Waals surface area contributed by atoms with Crippen molar-refractivity contribution in [1.82, 2.24) is 5.16 Å². The highest BCUT2D eigenvalue weighted by Crippen LogP contribution is 2.39. The molecule has 0 aliphatic rings. The maximum absolute atomic E-state index is 14.2. The second kappa shape index (κ2) is 5.26. The number of hydrogen-bond acceptors (Lipinski definition) is 4. The van der Waals surface area contributed by atoms with Crippen LogP contribution in [0, 0.1) is 5.82 Å². The SMILES string of the molecule is CCc1ccc(-c2noc(N)c2-c2cccc(Cl)c2F)o1. The number of hydrogen-bond donors (Lipinski definition) is 1. The lowest BCUT2D eigenvalue weighted by Gasteiger charge is -2.04. The molecular formula is C15H12ClFN2O2. The smallest absolute Gasteiger partial charge is 0.230 e. The summed E-state index contributed by atoms with van der Waals surface area (Å²) in [5.41, 5.74) is 6.71. The lowest BCUT2D eigenvalue weighted by Crippen LogP contribution is -1.91. The second-order valence-corrected chi connectivity index (χ2v) is 4.90. The number of rotatable bonds is 3. The van der Waals surface area contributed by atoms with Crippen molar-refractivity contribution < 1.29 is 13.3 Å². The maximum Gasteiger partial charge on any atom is 0.230 e. The van der Waals surface area contributed by atoms with Gasteiger partial charge in [-0.15, -0.1) is 0 Å². The number of aryl methyl sites for hydroxylation is 1. The van der Waals surface area contributed by atoms with Gasteiger partial charge in [0.15, 0.2) is 11.5 Å². The molecule has 2 heterocycles. The van der Waals surface area contributed by atoms with Gasteiger partial charge in [0.05, 0.1) is 10.6 Å². The topological polar surface area (TPSA) is 65.2 Å². The zero-order chi connectivity index (χ0) is 15.0. The molecule has 3 rings (SSSR count). The molecule has 6 heteroatoms. The highest BCUT2D eigenvalue weighted by Gasteiger charge is 2.23. The van der Waals surface area contributed by atoms with Crippen molar-refractivity contribution in [2.75, 3.05) is 5.73 Å². The Morgan fingerprint density at radius 2 is 2.10 bits per heavy atom. The zero-order valence-electron chi connectivity index (χ0n) is 11.2. The summed E-state index contributed by atoms with van der Waals surface area (Å²) in [6.45, 7) is 1.97. The Morgan fingerprint density at radius 3 is 2.81 bits per heavy atom. The van der Waals surface area contributed by atoms with Gasteiger partial charge >= 0.3 is 0 Å². The molecule has 0 unspecified atom stereocenters. The highest BCUT2D eigenvalue weighted by atomic mass is 35.5. The molecule has 0 aliphatic carbocycles. The van der Waals surface area contributed by atoms with E-state index in [1.54, 1.807) is 18.2 Å². The fourth-order valence-corrected chi connectivity index (χ4v) is 2.30. The first-order chi connectivity index (χ1) is 10.1. The standard InChI is InChI=1S/C15H12ClFN2O2/c1-2-8-6-7-11(20-8)14-12(15(18)21-19-14)9-4-3-5-10(16)13(9)17/h3-7H,2,18H2,1H3. The van der Waals surface area contributed by atoms with Gasteiger partial charge in [-0.05, 0) is 18.2 Å². The largest absolute Gasteiger partial charge is 0.459 e. The van der Waals surface area contributed by atoms with Crippen LogP contribution in [0.15, 0.2) is 39.3 Å². The van der Waals surface area contributed by atoms with E-state index >= 15 is 0 Å². The maximum atomic E-state index is 14.2. The normalized spacial score (nSPS) is 11.0. The third kappa shape index (κ3) is 2.29. The molecule has 0 saturated heterocycles. The van der Waals surface area contributed by atoms with Gasteiger partial charge in [0.25, 0.3) is 0 Å². The van der Waals surface area contributed by atoms with Crippen LogP contribution in [0.4, 0.5) is 10.3 Å². The number of halogens is 2. The first-order valence-corrected chi connectivity index (χ1v) is 6.78. The van der Waals surface area contributed by atoms with Crippen LogP contribution < -0.4 is 5.73 Å². The predicted octanol–water partition coefficient (Wildman–Crippen LogP) is 4.54. The Hall–Kier alpha value is -2.27. The summed E-state index contributed by atoms with van der Waals surface area (Å²) in [6.07, 6.45) is 0.744. The molecule has 0 aliphatic heterocycles. The van der Waals surface area contributed by atoms with E-state index in [-0.39, 0.29) is 16.5 Å². The van der Waals surface area contributed by atoms with Gasteiger partial charge in [-0.1, -0.05) is 35.8 Å². The number of nitrogens with two attached hydrogens (primary N) is 1. The van der Waals surface area contributed by atoms with Gasteiger partial charge in [0.2, 0.25) is 5.88 Å². The minimum absolute atomic E-state index is 0.00717. The van der Waals surface area contributed by atoms with Crippen LogP contribution in [0.25, 0.3) is 22.6 Å². The molecule has 0 saturated carbocycles. The molecule has 108 valence electrons. The summed E-state index contributed by atoms with van der Waals surface area (Å²) in [5.74, 6) is 0.712. The van der Waals surface area contributed by atoms with Crippen LogP contribution >= 0.6 is 11.6 Å². The van der Waals surface area contributed by atoms with Gasteiger partial charge < -0.3 is 14.7 Å². The Balaban J connectivity index is 2.19. The van der Waals surface area contributed by atoms with Crippen LogP contribution in [0.2, 0.25) is 5.02 Å². The summed E-state index contributed by atoms with van der Waals surface area (Å²) >= 11 is 5.82. The van der Waals surface area contributed by atoms with E-state index in [1.165, 1.54) is 6.07 Å². The van der Waals surface area contributed by atoms with E-state index in [0.29, 0.717) is 17.0 Å². The van der Waals surface area contributed by atoms with E-state index in [9.17, 15) is 4.39 Å². The van der Waals surface area contributed by atoms with Crippen LogP contribution in [-0.2, 0) is 6.42 Å². The number of nitrogen functional groups attached to an aromatic ring is 1. The Morgan fingerprint density at radius 1 is 1.29 bits per heavy atom. The van der Waals surface area contributed by atoms with Crippen molar-refractivity contribution in [1.29, 1.82) is 0 Å². The monoisotopic (exact) mass is 306 g/mol. The number of benzene rings is 1. The van der Waals surface area contributed by atoms with E-state index in [4.69, 9.17) is 26.3 Å². The molecule has 0 bridgehead atoms. The third-order valence-corrected chi connectivity index (χ3v) is 3.47. The summed E-state index contributed by atoms with van der Waals surface area (Å²) < 4.78 is 24.9. The van der Waals surface area contributed by atoms with Gasteiger partial charge in [0, 0.05) is 12.0 Å². The van der Waals surface area contributed by atoms with Gasteiger partial charge in [-0.2, -0.15) is 0 Å². The molecule has 21 heavy (non-hydrogen) atoms. The van der Waals surface area contributed by atoms with Crippen molar-refractivity contribution >= 4 is 17.5 Å². The molecule has 0 spiro atoms. The van der Waals surface area contributed by atoms with E-state index in [1.807, 2.05) is 13.0 Å². The molecule has 0 fully saturated rings. The Bertz CT molecular complexity index is 795. The molecule has 0 atom stereocenters. The highest BCUT2D eigenvalue weighted by molar-refractivity contribution is 6.31. The first kappa shape index (κ1) is 13.7. The number of aromatic nitrogens is 1. The zero-order valence-corrected chi connectivity index (χ0v) is 11.9. The quantitative estimate of drug-likeness (QED) is 0.771. The van der Waals surface area contributed by atoms with Gasteiger partial charge in [0.1, 0.15) is 11.6 Å². The van der Waals surface area contributed by atoms with Crippen LogP contribution in [0.3, 0.4) is 0 Å². The summed E-state index contributed by atoms with van der Waals surface area (Å²) in [5, 5.41) is 3.88. The van der Waals surface area contributed by atoms with Gasteiger partial charge in [-0.25, -0.2) is 4.39 Å². The fourth-order valence-electron chi connectivity index (χ4n) is 2.12. The second-order valence-electron chi connectivity index (χ2n) is 4.49. The molecule has 1 aromatic carbocycles. The van der Waals surface area contributed by atoms with E-state index in [2.05, 4.69) is 5.16 Å². The molecule has 0 radical (unpaired) electrons. The van der Waals surface area contributed by atoms with Crippen LogP contribution in [0.1, 0.15) is 12.7 Å². The Labute approximate surface area is 125 Å². The average Bonchev–Trinajstić information content (AvgIpc) is 3.08. The van der Waals surface area contributed by atoms with Crippen molar-refractivity contribution in [3.05, 3.63) is 46.9 Å². The van der Waals surface area contributed by atoms with Crippen molar-refractivity contribution in [3.63, 3.8) is 0 Å². The summed E-state index contributed by atoms with van der Waals surface area (Å²) in [4.78, 5) is 0. The molecule has 0 amide bonds. The van der Waals surface area contributed by atoms with Gasteiger partial charge in [-0.3, -0.25) is 0 Å². The summed E-state index contributed by atoms with van der Waals surface area (Å²) in [6, 6.07) is 8.25. The minimum Gasteiger partial charge on any atom is -0.459 e. The third-order valence-electron chi connectivity index (χ3n) is 3.18. The van der Waals surface area contributed by atoms with Crippen molar-refractivity contribution in [2.24, 2.45) is 0 Å². The molecule has 2 N–H and O–H groups in total.